The van der Waals surface area contributed by atoms with Crippen molar-refractivity contribution in [1.29, 1.82) is 5.26 Å². The van der Waals surface area contributed by atoms with Crippen LogP contribution in [-0.4, -0.2) is 55.4 Å². The van der Waals surface area contributed by atoms with Crippen LogP contribution in [0.1, 0.15) is 56.7 Å². The van der Waals surface area contributed by atoms with E-state index >= 15 is 0 Å². The van der Waals surface area contributed by atoms with Gasteiger partial charge in [-0.15, -0.1) is 0 Å². The summed E-state index contributed by atoms with van der Waals surface area (Å²) in [4.78, 5) is 13.0. The first-order valence-corrected chi connectivity index (χ1v) is 14.1. The highest BCUT2D eigenvalue weighted by Gasteiger charge is 2.42. The fraction of sp³-hybridized carbons (Fsp3) is 0.560. The largest absolute Gasteiger partial charge is 0.382 e. The number of hydrogen-bond acceptors (Lipinski definition) is 7. The average Bonchev–Trinajstić information content (AvgIpc) is 2.90. The Hall–Kier alpha value is -2.45. The Morgan fingerprint density at radius 1 is 1.22 bits per heavy atom. The molecule has 3 heterocycles. The van der Waals surface area contributed by atoms with Crippen molar-refractivity contribution in [3.05, 3.63) is 57.0 Å². The Balaban J connectivity index is 1.42. The fourth-order valence-corrected chi connectivity index (χ4v) is 6.77. The van der Waals surface area contributed by atoms with Gasteiger partial charge in [-0.1, -0.05) is 23.7 Å². The predicted octanol–water partition coefficient (Wildman–Crippen LogP) is 3.51. The minimum Gasteiger partial charge on any atom is -0.382 e. The van der Waals surface area contributed by atoms with Crippen LogP contribution in [0.25, 0.3) is 0 Å². The summed E-state index contributed by atoms with van der Waals surface area (Å²) >= 11 is 6.39. The number of halogens is 1. The van der Waals surface area contributed by atoms with Crippen molar-refractivity contribution in [2.45, 2.75) is 50.3 Å². The van der Waals surface area contributed by atoms with Gasteiger partial charge < -0.3 is 10.1 Å². The molecule has 1 aromatic heterocycles. The molecule has 2 aromatic rings. The smallest absolute Gasteiger partial charge is 0.287 e. The molecule has 0 aliphatic carbocycles. The lowest BCUT2D eigenvalue weighted by molar-refractivity contribution is 0.0595. The van der Waals surface area contributed by atoms with Crippen LogP contribution < -0.4 is 10.9 Å². The number of aromatic nitrogens is 2. The van der Waals surface area contributed by atoms with Gasteiger partial charge in [0.1, 0.15) is 9.77 Å². The normalized spacial score (nSPS) is 20.1. The number of ether oxygens (including phenoxy) is 1. The third-order valence-corrected chi connectivity index (χ3v) is 10.2. The van der Waals surface area contributed by atoms with Gasteiger partial charge in [0, 0.05) is 26.2 Å². The number of rotatable bonds is 7. The number of hydrogen-bond donors (Lipinski definition) is 1. The molecule has 0 spiro atoms. The molecule has 0 radical (unpaired) electrons. The first kappa shape index (κ1) is 26.6. The standard InChI is InChI=1S/C25H32ClN5O4S/c1-25(2,20-7-5-18(14-27)6-8-20)36(33,34)30-11-9-21(10-12-30)31-24(32)23(26)22(16-29-31)28-15-19-4-3-13-35-17-19/h5-8,16,19,21,28H,3-4,9-13,15,17H2,1-2H3/t19-/m1/s1. The van der Waals surface area contributed by atoms with Crippen LogP contribution in [0.2, 0.25) is 5.02 Å². The lowest BCUT2D eigenvalue weighted by Crippen LogP contribution is -2.47. The molecule has 2 saturated heterocycles. The highest BCUT2D eigenvalue weighted by Crippen LogP contribution is 2.35. The number of sulfonamides is 1. The van der Waals surface area contributed by atoms with Gasteiger partial charge in [-0.05, 0) is 63.1 Å². The number of benzene rings is 1. The van der Waals surface area contributed by atoms with E-state index in [4.69, 9.17) is 21.6 Å². The maximum Gasteiger partial charge on any atom is 0.287 e. The molecule has 1 atom stereocenters. The van der Waals surface area contributed by atoms with Crippen molar-refractivity contribution in [2.24, 2.45) is 5.92 Å². The Bertz CT molecular complexity index is 1270. The first-order chi connectivity index (χ1) is 17.1. The van der Waals surface area contributed by atoms with E-state index in [0.717, 1.165) is 19.4 Å². The molecule has 0 amide bonds. The lowest BCUT2D eigenvalue weighted by Gasteiger charge is -2.37. The zero-order valence-electron chi connectivity index (χ0n) is 20.6. The topological polar surface area (TPSA) is 117 Å². The van der Waals surface area contributed by atoms with Gasteiger partial charge in [0.15, 0.2) is 0 Å². The molecule has 11 heteroatoms. The van der Waals surface area contributed by atoms with Gasteiger partial charge in [-0.3, -0.25) is 4.79 Å². The molecule has 1 N–H and O–H groups in total. The third-order valence-electron chi connectivity index (χ3n) is 7.24. The first-order valence-electron chi connectivity index (χ1n) is 12.2. The van der Waals surface area contributed by atoms with E-state index in [1.807, 2.05) is 6.07 Å². The van der Waals surface area contributed by atoms with Crippen molar-refractivity contribution >= 4 is 27.3 Å². The van der Waals surface area contributed by atoms with Gasteiger partial charge in [0.05, 0.1) is 36.2 Å². The maximum absolute atomic E-state index is 13.5. The van der Waals surface area contributed by atoms with E-state index in [0.29, 0.717) is 48.7 Å². The molecule has 194 valence electrons. The number of nitriles is 1. The summed E-state index contributed by atoms with van der Waals surface area (Å²) in [6.45, 7) is 6.05. The van der Waals surface area contributed by atoms with Crippen molar-refractivity contribution < 1.29 is 13.2 Å². The van der Waals surface area contributed by atoms with Gasteiger partial charge in [-0.25, -0.2) is 17.4 Å². The van der Waals surface area contributed by atoms with E-state index in [1.54, 1.807) is 44.3 Å². The van der Waals surface area contributed by atoms with Gasteiger partial charge in [0.2, 0.25) is 10.0 Å². The molecule has 0 bridgehead atoms. The van der Waals surface area contributed by atoms with E-state index in [2.05, 4.69) is 10.4 Å². The Morgan fingerprint density at radius 2 is 1.92 bits per heavy atom. The number of nitrogens with one attached hydrogen (secondary N) is 1. The van der Waals surface area contributed by atoms with Crippen LogP contribution in [0.5, 0.6) is 0 Å². The van der Waals surface area contributed by atoms with Crippen LogP contribution in [0.3, 0.4) is 0 Å². The number of piperidine rings is 1. The lowest BCUT2D eigenvalue weighted by atomic mass is 10.0. The van der Waals surface area contributed by atoms with Crippen LogP contribution >= 0.6 is 11.6 Å². The summed E-state index contributed by atoms with van der Waals surface area (Å²) in [7, 11) is -3.69. The van der Waals surface area contributed by atoms with E-state index in [-0.39, 0.29) is 29.7 Å². The quantitative estimate of drug-likeness (QED) is 0.578. The monoisotopic (exact) mass is 533 g/mol. The van der Waals surface area contributed by atoms with E-state index in [9.17, 15) is 13.2 Å². The zero-order valence-corrected chi connectivity index (χ0v) is 22.2. The highest BCUT2D eigenvalue weighted by atomic mass is 35.5. The average molecular weight is 534 g/mol. The second-order valence-corrected chi connectivity index (χ2v) is 12.8. The van der Waals surface area contributed by atoms with E-state index in [1.165, 1.54) is 8.99 Å². The van der Waals surface area contributed by atoms with Crippen LogP contribution in [-0.2, 0) is 19.5 Å². The van der Waals surface area contributed by atoms with Crippen LogP contribution in [0, 0.1) is 17.2 Å². The zero-order chi connectivity index (χ0) is 25.9. The molecule has 1 aromatic carbocycles. The molecule has 9 nitrogen and oxygen atoms in total. The molecular weight excluding hydrogens is 502 g/mol. The second kappa shape index (κ2) is 10.9. The predicted molar refractivity (Wildman–Crippen MR) is 138 cm³/mol. The molecule has 36 heavy (non-hydrogen) atoms. The summed E-state index contributed by atoms with van der Waals surface area (Å²) in [6, 6.07) is 8.44. The SMILES string of the molecule is CC(C)(c1ccc(C#N)cc1)S(=O)(=O)N1CCC(n2ncc(NC[C@H]3CCCOC3)c(Cl)c2=O)CC1. The van der Waals surface area contributed by atoms with Gasteiger partial charge >= 0.3 is 0 Å². The van der Waals surface area contributed by atoms with Crippen molar-refractivity contribution in [3.8, 4) is 6.07 Å². The molecule has 2 aliphatic rings. The molecule has 4 rings (SSSR count). The van der Waals surface area contributed by atoms with Crippen molar-refractivity contribution in [1.82, 2.24) is 14.1 Å². The Labute approximate surface area is 217 Å². The minimum absolute atomic E-state index is 0.0960. The number of nitrogens with zero attached hydrogens (tertiary/aromatic N) is 4. The van der Waals surface area contributed by atoms with Crippen molar-refractivity contribution in [3.63, 3.8) is 0 Å². The summed E-state index contributed by atoms with van der Waals surface area (Å²) in [5.74, 6) is 0.372. The molecule has 0 saturated carbocycles. The summed E-state index contributed by atoms with van der Waals surface area (Å²) in [6.07, 6.45) is 4.58. The van der Waals surface area contributed by atoms with Crippen molar-refractivity contribution in [2.75, 3.05) is 38.2 Å². The molecular formula is C25H32ClN5O4S. The summed E-state index contributed by atoms with van der Waals surface area (Å²) in [5.41, 5.74) is 1.23. The molecule has 2 fully saturated rings. The minimum atomic E-state index is -3.69. The van der Waals surface area contributed by atoms with Crippen LogP contribution in [0.15, 0.2) is 35.3 Å². The maximum atomic E-state index is 13.5. The second-order valence-electron chi connectivity index (χ2n) is 9.92. The summed E-state index contributed by atoms with van der Waals surface area (Å²) < 4.78 is 34.2. The third kappa shape index (κ3) is 5.30. The van der Waals surface area contributed by atoms with Gasteiger partial charge in [0.25, 0.3) is 5.56 Å². The van der Waals surface area contributed by atoms with Crippen LogP contribution in [0.4, 0.5) is 5.69 Å². The summed E-state index contributed by atoms with van der Waals surface area (Å²) in [5, 5.41) is 16.7. The Kier molecular flexibility index (Phi) is 8.05. The Morgan fingerprint density at radius 3 is 2.53 bits per heavy atom. The highest BCUT2D eigenvalue weighted by molar-refractivity contribution is 7.90. The molecule has 0 unspecified atom stereocenters. The van der Waals surface area contributed by atoms with Gasteiger partial charge in [-0.2, -0.15) is 10.4 Å². The van der Waals surface area contributed by atoms with E-state index < -0.39 is 14.8 Å². The number of anilines is 1. The molecule has 2 aliphatic heterocycles. The fourth-order valence-electron chi connectivity index (χ4n) is 4.80.